The highest BCUT2D eigenvalue weighted by Crippen LogP contribution is 2.32. The third-order valence-electron chi connectivity index (χ3n) is 3.56. The van der Waals surface area contributed by atoms with Crippen LogP contribution >= 0.6 is 0 Å². The van der Waals surface area contributed by atoms with Crippen LogP contribution in [0.3, 0.4) is 0 Å². The number of esters is 1. The Bertz CT molecular complexity index is 513. The Morgan fingerprint density at radius 2 is 2.30 bits per heavy atom. The van der Waals surface area contributed by atoms with Crippen molar-refractivity contribution < 1.29 is 23.8 Å². The summed E-state index contributed by atoms with van der Waals surface area (Å²) < 4.78 is 10.1. The molecule has 0 radical (unpaired) electrons. The van der Waals surface area contributed by atoms with Crippen LogP contribution in [0.25, 0.3) is 0 Å². The van der Waals surface area contributed by atoms with Crippen molar-refractivity contribution in [3.63, 3.8) is 0 Å². The van der Waals surface area contributed by atoms with Gasteiger partial charge < -0.3 is 19.2 Å². The van der Waals surface area contributed by atoms with Gasteiger partial charge in [0.25, 0.3) is 6.01 Å². The van der Waals surface area contributed by atoms with Crippen LogP contribution in [-0.4, -0.2) is 40.7 Å². The zero-order valence-corrected chi connectivity index (χ0v) is 11.6. The number of piperidine rings is 1. The summed E-state index contributed by atoms with van der Waals surface area (Å²) in [5.74, 6) is -1.50. The van der Waals surface area contributed by atoms with Crippen molar-refractivity contribution in [2.45, 2.75) is 38.6 Å². The predicted molar refractivity (Wildman–Crippen MR) is 69.7 cm³/mol. The summed E-state index contributed by atoms with van der Waals surface area (Å²) in [6, 6.07) is 0.151. The molecule has 1 atom stereocenters. The van der Waals surface area contributed by atoms with Crippen LogP contribution in [0.2, 0.25) is 0 Å². The number of aliphatic carboxylic acids is 1. The van der Waals surface area contributed by atoms with Crippen LogP contribution in [0, 0.1) is 0 Å². The molecule has 0 aliphatic carbocycles. The number of carbonyl (C=O) groups excluding carboxylic acids is 1. The summed E-state index contributed by atoms with van der Waals surface area (Å²) in [5.41, 5.74) is -1.00. The molecule has 1 aromatic rings. The Kier molecular flexibility index (Phi) is 3.96. The maximum Gasteiger partial charge on any atom is 0.360 e. The van der Waals surface area contributed by atoms with Gasteiger partial charge in [-0.1, -0.05) is 0 Å². The van der Waals surface area contributed by atoms with Gasteiger partial charge in [-0.05, 0) is 33.1 Å². The summed E-state index contributed by atoms with van der Waals surface area (Å²) in [6.45, 7) is 4.12. The fourth-order valence-corrected chi connectivity index (χ4v) is 2.34. The molecule has 7 heteroatoms. The Balaban J connectivity index is 2.25. The van der Waals surface area contributed by atoms with E-state index in [2.05, 4.69) is 4.98 Å². The van der Waals surface area contributed by atoms with Crippen molar-refractivity contribution in [1.82, 2.24) is 4.98 Å². The molecule has 0 spiro atoms. The number of anilines is 1. The summed E-state index contributed by atoms with van der Waals surface area (Å²) >= 11 is 0. The van der Waals surface area contributed by atoms with Gasteiger partial charge in [0.15, 0.2) is 5.69 Å². The summed E-state index contributed by atoms with van der Waals surface area (Å²) in [7, 11) is 0. The van der Waals surface area contributed by atoms with Gasteiger partial charge in [-0.25, -0.2) is 9.59 Å². The molecule has 1 saturated heterocycles. The highest BCUT2D eigenvalue weighted by atomic mass is 16.5. The maximum absolute atomic E-state index is 11.6. The first-order chi connectivity index (χ1) is 9.49. The molecule has 1 aromatic heterocycles. The van der Waals surface area contributed by atoms with Crippen LogP contribution in [0.1, 0.15) is 43.6 Å². The average Bonchev–Trinajstić information content (AvgIpc) is 2.89. The van der Waals surface area contributed by atoms with Gasteiger partial charge >= 0.3 is 11.9 Å². The number of carbonyl (C=O) groups is 2. The number of ether oxygens (including phenoxy) is 1. The molecule has 2 heterocycles. The van der Waals surface area contributed by atoms with Crippen molar-refractivity contribution in [1.29, 1.82) is 0 Å². The molecule has 1 fully saturated rings. The van der Waals surface area contributed by atoms with E-state index in [0.29, 0.717) is 13.0 Å². The van der Waals surface area contributed by atoms with Crippen molar-refractivity contribution >= 4 is 18.0 Å². The number of aromatic nitrogens is 1. The van der Waals surface area contributed by atoms with E-state index in [-0.39, 0.29) is 18.3 Å². The second kappa shape index (κ2) is 5.52. The summed E-state index contributed by atoms with van der Waals surface area (Å²) in [5, 5.41) is 9.43. The second-order valence-corrected chi connectivity index (χ2v) is 4.92. The zero-order valence-electron chi connectivity index (χ0n) is 11.6. The Hall–Kier alpha value is -2.05. The SMILES string of the molecule is CCOC(=O)c1coc(N2CCCCC2(C)C(=O)O)n1. The van der Waals surface area contributed by atoms with Gasteiger partial charge in [0.1, 0.15) is 11.8 Å². The van der Waals surface area contributed by atoms with Gasteiger partial charge in [0.2, 0.25) is 0 Å². The first-order valence-electron chi connectivity index (χ1n) is 6.62. The van der Waals surface area contributed by atoms with E-state index in [1.807, 2.05) is 0 Å². The quantitative estimate of drug-likeness (QED) is 0.840. The summed E-state index contributed by atoms with van der Waals surface area (Å²) in [4.78, 5) is 28.7. The highest BCUT2D eigenvalue weighted by Gasteiger charge is 2.43. The monoisotopic (exact) mass is 282 g/mol. The first kappa shape index (κ1) is 14.4. The van der Waals surface area contributed by atoms with Crippen LogP contribution in [0.15, 0.2) is 10.7 Å². The van der Waals surface area contributed by atoms with Crippen molar-refractivity contribution in [3.05, 3.63) is 12.0 Å². The minimum absolute atomic E-state index is 0.0557. The third-order valence-corrected chi connectivity index (χ3v) is 3.56. The lowest BCUT2D eigenvalue weighted by Gasteiger charge is -2.40. The molecule has 2 rings (SSSR count). The molecule has 1 unspecified atom stereocenters. The van der Waals surface area contributed by atoms with Gasteiger partial charge in [-0.3, -0.25) is 0 Å². The van der Waals surface area contributed by atoms with Crippen molar-refractivity contribution in [2.75, 3.05) is 18.1 Å². The van der Waals surface area contributed by atoms with Crippen LogP contribution in [0.5, 0.6) is 0 Å². The minimum atomic E-state index is -1.06. The van der Waals surface area contributed by atoms with E-state index in [1.54, 1.807) is 18.7 Å². The number of nitrogens with zero attached hydrogens (tertiary/aromatic N) is 2. The molecule has 7 nitrogen and oxygen atoms in total. The molecule has 0 aromatic carbocycles. The minimum Gasteiger partial charge on any atom is -0.480 e. The van der Waals surface area contributed by atoms with E-state index < -0.39 is 17.5 Å². The standard InChI is InChI=1S/C13H18N2O5/c1-3-19-10(16)9-8-20-12(14-9)15-7-5-4-6-13(15,2)11(17)18/h8H,3-7H2,1-2H3,(H,17,18). The van der Waals surface area contributed by atoms with Gasteiger partial charge in [0, 0.05) is 6.54 Å². The third kappa shape index (κ3) is 2.48. The van der Waals surface area contributed by atoms with Crippen LogP contribution in [0.4, 0.5) is 6.01 Å². The molecule has 0 amide bonds. The van der Waals surface area contributed by atoms with E-state index in [1.165, 1.54) is 6.26 Å². The Morgan fingerprint density at radius 3 is 2.95 bits per heavy atom. The number of hydrogen-bond acceptors (Lipinski definition) is 6. The number of rotatable bonds is 4. The van der Waals surface area contributed by atoms with Crippen LogP contribution in [-0.2, 0) is 9.53 Å². The average molecular weight is 282 g/mol. The zero-order chi connectivity index (χ0) is 14.8. The smallest absolute Gasteiger partial charge is 0.360 e. The lowest BCUT2D eigenvalue weighted by atomic mass is 9.89. The Morgan fingerprint density at radius 1 is 1.55 bits per heavy atom. The molecule has 0 bridgehead atoms. The highest BCUT2D eigenvalue weighted by molar-refractivity contribution is 5.87. The van der Waals surface area contributed by atoms with Gasteiger partial charge in [0.05, 0.1) is 6.61 Å². The van der Waals surface area contributed by atoms with Gasteiger partial charge in [-0.2, -0.15) is 4.98 Å². The second-order valence-electron chi connectivity index (χ2n) is 4.92. The lowest BCUT2D eigenvalue weighted by Crippen LogP contribution is -2.55. The van der Waals surface area contributed by atoms with E-state index in [0.717, 1.165) is 12.8 Å². The molecule has 1 aliphatic heterocycles. The van der Waals surface area contributed by atoms with Gasteiger partial charge in [-0.15, -0.1) is 0 Å². The maximum atomic E-state index is 11.6. The lowest BCUT2D eigenvalue weighted by molar-refractivity contribution is -0.143. The van der Waals surface area contributed by atoms with Crippen LogP contribution < -0.4 is 4.90 Å². The van der Waals surface area contributed by atoms with E-state index in [9.17, 15) is 14.7 Å². The largest absolute Gasteiger partial charge is 0.480 e. The normalized spacial score (nSPS) is 22.6. The molecule has 110 valence electrons. The predicted octanol–water partition coefficient (Wildman–Crippen LogP) is 1.68. The fourth-order valence-electron chi connectivity index (χ4n) is 2.34. The number of hydrogen-bond donors (Lipinski definition) is 1. The molecule has 1 N–H and O–H groups in total. The molecular formula is C13H18N2O5. The molecular weight excluding hydrogens is 264 g/mol. The molecule has 1 aliphatic rings. The summed E-state index contributed by atoms with van der Waals surface area (Å²) in [6.07, 6.45) is 3.41. The van der Waals surface area contributed by atoms with E-state index >= 15 is 0 Å². The topological polar surface area (TPSA) is 92.9 Å². The van der Waals surface area contributed by atoms with Crippen molar-refractivity contribution in [3.8, 4) is 0 Å². The number of carboxylic acids is 1. The van der Waals surface area contributed by atoms with Crippen molar-refractivity contribution in [2.24, 2.45) is 0 Å². The molecule has 20 heavy (non-hydrogen) atoms. The fraction of sp³-hybridized carbons (Fsp3) is 0.615. The van der Waals surface area contributed by atoms with E-state index in [4.69, 9.17) is 9.15 Å². The first-order valence-corrected chi connectivity index (χ1v) is 6.62. The Labute approximate surface area is 116 Å². The molecule has 0 saturated carbocycles. The number of carboxylic acid groups (broad SMARTS) is 1. The number of oxazole rings is 1.